The van der Waals surface area contributed by atoms with E-state index in [2.05, 4.69) is 46.7 Å². The van der Waals surface area contributed by atoms with Gasteiger partial charge in [-0.25, -0.2) is 14.4 Å². The Labute approximate surface area is 239 Å². The van der Waals surface area contributed by atoms with Crippen LogP contribution in [0.15, 0.2) is 31.8 Å². The van der Waals surface area contributed by atoms with Gasteiger partial charge in [-0.3, -0.25) is 4.79 Å². The van der Waals surface area contributed by atoms with Crippen LogP contribution in [-0.4, -0.2) is 110 Å². The molecule has 4 rings (SSSR count). The molecule has 0 aromatic carbocycles. The summed E-state index contributed by atoms with van der Waals surface area (Å²) in [5.41, 5.74) is 0. The van der Waals surface area contributed by atoms with E-state index in [4.69, 9.17) is 5.11 Å². The maximum absolute atomic E-state index is 12.1. The summed E-state index contributed by atoms with van der Waals surface area (Å²) >= 11 is 9.13. The van der Waals surface area contributed by atoms with Crippen molar-refractivity contribution in [2.75, 3.05) is 66.6 Å². The highest BCUT2D eigenvalue weighted by atomic mass is 79.9. The number of amides is 3. The number of carbonyl (C=O) groups is 4. The molecular formula is C22H28Br2N4O7S2. The van der Waals surface area contributed by atoms with E-state index in [-0.39, 0.29) is 18.1 Å². The Morgan fingerprint density at radius 1 is 0.757 bits per heavy atom. The van der Waals surface area contributed by atoms with Gasteiger partial charge in [0, 0.05) is 52.4 Å². The number of hydrogen-bond donors (Lipinski definition) is 2. The molecule has 0 bridgehead atoms. The fraction of sp³-hybridized carbons (Fsp3) is 0.455. The van der Waals surface area contributed by atoms with E-state index in [1.54, 1.807) is 26.8 Å². The second kappa shape index (κ2) is 15.9. The first-order valence-corrected chi connectivity index (χ1v) is 14.3. The maximum atomic E-state index is 12.1. The molecule has 0 aliphatic carbocycles. The quantitative estimate of drug-likeness (QED) is 0.488. The second-order valence-electron chi connectivity index (χ2n) is 7.47. The average Bonchev–Trinajstić information content (AvgIpc) is 3.57. The molecule has 37 heavy (non-hydrogen) atoms. The van der Waals surface area contributed by atoms with E-state index in [9.17, 15) is 19.2 Å². The fourth-order valence-electron chi connectivity index (χ4n) is 3.21. The SMILES string of the molecule is COC(=O)N1CCN(C(=O)c2ccc(Br)s2)CC1.COC(=O)N1CCNCC1.O=C(O)c1ccc(Br)s1. The zero-order chi connectivity index (χ0) is 27.4. The minimum atomic E-state index is -0.870. The number of rotatable bonds is 2. The molecule has 204 valence electrons. The fourth-order valence-corrected chi connectivity index (χ4v) is 5.79. The van der Waals surface area contributed by atoms with Gasteiger partial charge in [-0.2, -0.15) is 0 Å². The predicted octanol–water partition coefficient (Wildman–Crippen LogP) is 3.90. The monoisotopic (exact) mass is 682 g/mol. The van der Waals surface area contributed by atoms with Crippen molar-refractivity contribution in [3.63, 3.8) is 0 Å². The van der Waals surface area contributed by atoms with Gasteiger partial charge in [-0.1, -0.05) is 0 Å². The summed E-state index contributed by atoms with van der Waals surface area (Å²) in [6.07, 6.45) is -0.553. The summed E-state index contributed by atoms with van der Waals surface area (Å²) in [6, 6.07) is 6.96. The molecule has 15 heteroatoms. The maximum Gasteiger partial charge on any atom is 0.409 e. The third-order valence-electron chi connectivity index (χ3n) is 5.12. The van der Waals surface area contributed by atoms with Crippen molar-refractivity contribution < 1.29 is 33.8 Å². The van der Waals surface area contributed by atoms with Crippen molar-refractivity contribution in [3.05, 3.63) is 41.6 Å². The van der Waals surface area contributed by atoms with Crippen molar-refractivity contribution in [2.24, 2.45) is 0 Å². The van der Waals surface area contributed by atoms with E-state index in [0.717, 1.165) is 33.8 Å². The van der Waals surface area contributed by atoms with E-state index >= 15 is 0 Å². The molecule has 0 radical (unpaired) electrons. The van der Waals surface area contributed by atoms with Crippen molar-refractivity contribution in [1.29, 1.82) is 0 Å². The molecule has 4 heterocycles. The number of nitrogens with zero attached hydrogens (tertiary/aromatic N) is 3. The lowest BCUT2D eigenvalue weighted by Gasteiger charge is -2.33. The van der Waals surface area contributed by atoms with Gasteiger partial charge in [0.15, 0.2) is 0 Å². The Morgan fingerprint density at radius 2 is 1.19 bits per heavy atom. The molecule has 3 amide bonds. The standard InChI is InChI=1S/C11H13BrN2O3S.C6H12N2O2.C5H3BrO2S/c1-17-11(16)14-6-4-13(5-7-14)10(15)8-2-3-9(12)18-8;1-10-6(9)8-4-2-7-3-5-8;6-4-2-1-3(9-4)5(7)8/h2-3H,4-7H2,1H3;7H,2-5H2,1H3;1-2H,(H,7,8). The van der Waals surface area contributed by atoms with E-state index in [0.29, 0.717) is 35.9 Å². The number of hydrogen-bond acceptors (Lipinski definition) is 9. The number of ether oxygens (including phenoxy) is 2. The number of carboxylic acid groups (broad SMARTS) is 1. The molecule has 2 aliphatic rings. The Kier molecular flexibility index (Phi) is 13.3. The van der Waals surface area contributed by atoms with Gasteiger partial charge in [-0.15, -0.1) is 22.7 Å². The number of carboxylic acids is 1. The van der Waals surface area contributed by atoms with Gasteiger partial charge >= 0.3 is 18.2 Å². The summed E-state index contributed by atoms with van der Waals surface area (Å²) in [7, 11) is 2.77. The molecule has 2 aromatic heterocycles. The Balaban J connectivity index is 0.000000214. The molecule has 2 saturated heterocycles. The smallest absolute Gasteiger partial charge is 0.409 e. The zero-order valence-corrected chi connectivity index (χ0v) is 25.1. The summed E-state index contributed by atoms with van der Waals surface area (Å²) in [6.45, 7) is 5.38. The van der Waals surface area contributed by atoms with Crippen LogP contribution in [0.25, 0.3) is 0 Å². The first-order valence-electron chi connectivity index (χ1n) is 11.1. The summed E-state index contributed by atoms with van der Waals surface area (Å²) in [5, 5.41) is 11.5. The number of nitrogens with one attached hydrogen (secondary N) is 1. The lowest BCUT2D eigenvalue weighted by atomic mass is 10.3. The Bertz CT molecular complexity index is 1050. The van der Waals surface area contributed by atoms with Crippen LogP contribution in [0.1, 0.15) is 19.3 Å². The highest BCUT2D eigenvalue weighted by Crippen LogP contribution is 2.24. The van der Waals surface area contributed by atoms with Gasteiger partial charge in [0.1, 0.15) is 4.88 Å². The normalized spacial score (nSPS) is 15.0. The minimum absolute atomic E-state index is 0.0233. The van der Waals surface area contributed by atoms with E-state index < -0.39 is 5.97 Å². The third-order valence-corrected chi connectivity index (χ3v) is 8.34. The minimum Gasteiger partial charge on any atom is -0.477 e. The van der Waals surface area contributed by atoms with Crippen LogP contribution in [0.2, 0.25) is 0 Å². The van der Waals surface area contributed by atoms with Crippen LogP contribution in [0.3, 0.4) is 0 Å². The van der Waals surface area contributed by atoms with Crippen molar-refractivity contribution in [2.45, 2.75) is 0 Å². The highest BCUT2D eigenvalue weighted by molar-refractivity contribution is 9.11. The van der Waals surface area contributed by atoms with Gasteiger partial charge in [0.2, 0.25) is 0 Å². The van der Waals surface area contributed by atoms with Crippen LogP contribution >= 0.6 is 54.5 Å². The van der Waals surface area contributed by atoms with Crippen molar-refractivity contribution >= 4 is 78.6 Å². The number of piperazine rings is 2. The van der Waals surface area contributed by atoms with Crippen LogP contribution in [0.5, 0.6) is 0 Å². The summed E-state index contributed by atoms with van der Waals surface area (Å²) < 4.78 is 11.0. The largest absolute Gasteiger partial charge is 0.477 e. The topological polar surface area (TPSA) is 129 Å². The number of aromatic carboxylic acids is 1. The molecule has 0 saturated carbocycles. The molecule has 2 N–H and O–H groups in total. The Hall–Kier alpha value is -2.20. The van der Waals surface area contributed by atoms with Gasteiger partial charge in [0.25, 0.3) is 5.91 Å². The molecule has 2 aromatic rings. The number of carbonyl (C=O) groups excluding carboxylic acids is 3. The zero-order valence-electron chi connectivity index (χ0n) is 20.3. The van der Waals surface area contributed by atoms with Gasteiger partial charge in [-0.05, 0) is 56.1 Å². The summed E-state index contributed by atoms with van der Waals surface area (Å²) in [5.74, 6) is -0.846. The lowest BCUT2D eigenvalue weighted by Crippen LogP contribution is -2.50. The molecule has 2 fully saturated rings. The second-order valence-corrected chi connectivity index (χ2v) is 12.4. The first-order chi connectivity index (χ1) is 17.7. The predicted molar refractivity (Wildman–Crippen MR) is 148 cm³/mol. The number of halogens is 2. The summed E-state index contributed by atoms with van der Waals surface area (Å²) in [4.78, 5) is 50.6. The van der Waals surface area contributed by atoms with Gasteiger partial charge < -0.3 is 34.6 Å². The molecule has 0 atom stereocenters. The highest BCUT2D eigenvalue weighted by Gasteiger charge is 2.25. The molecular weight excluding hydrogens is 656 g/mol. The van der Waals surface area contributed by atoms with Crippen LogP contribution in [0.4, 0.5) is 9.59 Å². The van der Waals surface area contributed by atoms with Crippen molar-refractivity contribution in [1.82, 2.24) is 20.0 Å². The molecule has 0 spiro atoms. The third kappa shape index (κ3) is 10.2. The Morgan fingerprint density at radius 3 is 1.57 bits per heavy atom. The number of methoxy groups -OCH3 is 2. The lowest BCUT2D eigenvalue weighted by molar-refractivity contribution is 0.0603. The first kappa shape index (κ1) is 31.0. The van der Waals surface area contributed by atoms with Crippen molar-refractivity contribution in [3.8, 4) is 0 Å². The van der Waals surface area contributed by atoms with Crippen LogP contribution < -0.4 is 5.32 Å². The van der Waals surface area contributed by atoms with Crippen LogP contribution in [0, 0.1) is 0 Å². The average molecular weight is 684 g/mol. The van der Waals surface area contributed by atoms with E-state index in [1.807, 2.05) is 12.1 Å². The van der Waals surface area contributed by atoms with Crippen LogP contribution in [-0.2, 0) is 9.47 Å². The van der Waals surface area contributed by atoms with Gasteiger partial charge in [0.05, 0.1) is 26.7 Å². The number of thiophene rings is 2. The molecule has 11 nitrogen and oxygen atoms in total. The molecule has 0 unspecified atom stereocenters. The van der Waals surface area contributed by atoms with E-state index in [1.165, 1.54) is 36.9 Å². The molecule has 2 aliphatic heterocycles.